The predicted octanol–water partition coefficient (Wildman–Crippen LogP) is 7.56. The van der Waals surface area contributed by atoms with Gasteiger partial charge in [-0.2, -0.15) is 12.6 Å². The van der Waals surface area contributed by atoms with Crippen LogP contribution in [0.2, 0.25) is 0 Å². The van der Waals surface area contributed by atoms with E-state index in [1.807, 2.05) is 6.92 Å². The molecule has 0 aromatic carbocycles. The van der Waals surface area contributed by atoms with Crippen molar-refractivity contribution in [3.63, 3.8) is 0 Å². The van der Waals surface area contributed by atoms with Crippen LogP contribution in [0.4, 0.5) is 0 Å². The summed E-state index contributed by atoms with van der Waals surface area (Å²) >= 11 is 4.57. The topological polar surface area (TPSA) is 18.5 Å². The van der Waals surface area contributed by atoms with Gasteiger partial charge in [-0.25, -0.2) is 0 Å². The number of ether oxygens (including phenoxy) is 2. The van der Waals surface area contributed by atoms with E-state index < -0.39 is 4.75 Å². The van der Waals surface area contributed by atoms with E-state index >= 15 is 0 Å². The van der Waals surface area contributed by atoms with E-state index in [9.17, 15) is 0 Å². The van der Waals surface area contributed by atoms with Crippen LogP contribution < -0.4 is 0 Å². The molecule has 0 fully saturated rings. The van der Waals surface area contributed by atoms with Crippen molar-refractivity contribution in [2.24, 2.45) is 17.3 Å². The summed E-state index contributed by atoms with van der Waals surface area (Å²) in [6.07, 6.45) is 9.41. The maximum absolute atomic E-state index is 6.43. The van der Waals surface area contributed by atoms with Gasteiger partial charge in [-0.15, -0.1) is 6.42 Å². The average molecular weight is 427 g/mol. The molecule has 172 valence electrons. The molecule has 0 aromatic rings. The second-order valence-corrected chi connectivity index (χ2v) is 13.2. The SMILES string of the molecule is C#CC(C)(S)CC(C)(C)OC(C)(C)CCOC(C)(C)CC(C)CC(C)(C)C(C)C. The minimum absolute atomic E-state index is 0.134. The molecule has 0 saturated heterocycles. The van der Waals surface area contributed by atoms with Gasteiger partial charge in [-0.3, -0.25) is 0 Å². The Morgan fingerprint density at radius 1 is 0.828 bits per heavy atom. The maximum Gasteiger partial charge on any atom is 0.0732 e. The van der Waals surface area contributed by atoms with Crippen LogP contribution in [0.15, 0.2) is 0 Å². The van der Waals surface area contributed by atoms with Crippen molar-refractivity contribution in [1.82, 2.24) is 0 Å². The third-order valence-corrected chi connectivity index (χ3v) is 6.40. The van der Waals surface area contributed by atoms with E-state index in [0.29, 0.717) is 30.3 Å². The molecule has 0 spiro atoms. The number of rotatable bonds is 13. The molecule has 0 rings (SSSR count). The van der Waals surface area contributed by atoms with Crippen molar-refractivity contribution in [2.75, 3.05) is 6.61 Å². The summed E-state index contributed by atoms with van der Waals surface area (Å²) in [4.78, 5) is 0. The van der Waals surface area contributed by atoms with E-state index in [1.165, 1.54) is 6.42 Å². The third-order valence-electron chi connectivity index (χ3n) is 6.11. The largest absolute Gasteiger partial charge is 0.375 e. The number of hydrogen-bond acceptors (Lipinski definition) is 3. The van der Waals surface area contributed by atoms with Gasteiger partial charge in [0.2, 0.25) is 0 Å². The molecule has 29 heavy (non-hydrogen) atoms. The summed E-state index contributed by atoms with van der Waals surface area (Å²) in [5.41, 5.74) is -0.413. The Morgan fingerprint density at radius 3 is 1.79 bits per heavy atom. The Balaban J connectivity index is 4.65. The van der Waals surface area contributed by atoms with E-state index in [2.05, 4.69) is 94.7 Å². The van der Waals surface area contributed by atoms with Crippen LogP contribution in [0.25, 0.3) is 0 Å². The molecule has 3 heteroatoms. The molecule has 0 bridgehead atoms. The number of hydrogen-bond donors (Lipinski definition) is 1. The van der Waals surface area contributed by atoms with Crippen molar-refractivity contribution in [3.05, 3.63) is 0 Å². The Bertz CT molecular complexity index is 535. The fourth-order valence-corrected chi connectivity index (χ4v) is 4.77. The lowest BCUT2D eigenvalue weighted by Crippen LogP contribution is -2.42. The zero-order chi connectivity index (χ0) is 23.3. The summed E-state index contributed by atoms with van der Waals surface area (Å²) in [5.74, 6) is 4.06. The van der Waals surface area contributed by atoms with Crippen LogP contribution in [0.5, 0.6) is 0 Å². The van der Waals surface area contributed by atoms with Crippen LogP contribution in [-0.2, 0) is 9.47 Å². The van der Waals surface area contributed by atoms with E-state index in [4.69, 9.17) is 15.9 Å². The summed E-state index contributed by atoms with van der Waals surface area (Å²) < 4.78 is 12.3. The van der Waals surface area contributed by atoms with Gasteiger partial charge in [0, 0.05) is 6.42 Å². The first-order valence-electron chi connectivity index (χ1n) is 11.3. The van der Waals surface area contributed by atoms with Gasteiger partial charge in [-0.1, -0.05) is 40.5 Å². The molecule has 0 aliphatic rings. The van der Waals surface area contributed by atoms with Gasteiger partial charge >= 0.3 is 0 Å². The van der Waals surface area contributed by atoms with Gasteiger partial charge in [0.1, 0.15) is 0 Å². The van der Waals surface area contributed by atoms with Crippen molar-refractivity contribution in [2.45, 2.75) is 130 Å². The van der Waals surface area contributed by atoms with E-state index in [1.54, 1.807) is 0 Å². The fourth-order valence-electron chi connectivity index (χ4n) is 4.39. The molecule has 0 heterocycles. The van der Waals surface area contributed by atoms with Crippen LogP contribution in [0, 0.1) is 29.6 Å². The molecule has 2 unspecified atom stereocenters. The van der Waals surface area contributed by atoms with Crippen LogP contribution in [0.3, 0.4) is 0 Å². The monoisotopic (exact) mass is 426 g/mol. The average Bonchev–Trinajstić information content (AvgIpc) is 2.42. The molecular weight excluding hydrogens is 376 g/mol. The minimum Gasteiger partial charge on any atom is -0.375 e. The quantitative estimate of drug-likeness (QED) is 0.242. The summed E-state index contributed by atoms with van der Waals surface area (Å²) in [6, 6.07) is 0. The summed E-state index contributed by atoms with van der Waals surface area (Å²) in [7, 11) is 0. The van der Waals surface area contributed by atoms with Crippen LogP contribution in [-0.4, -0.2) is 28.2 Å². The highest BCUT2D eigenvalue weighted by molar-refractivity contribution is 7.82. The Kier molecular flexibility index (Phi) is 10.4. The Labute approximate surface area is 188 Å². The maximum atomic E-state index is 6.43. The lowest BCUT2D eigenvalue weighted by Gasteiger charge is -2.40. The zero-order valence-corrected chi connectivity index (χ0v) is 22.4. The second kappa shape index (κ2) is 10.4. The molecule has 0 saturated carbocycles. The van der Waals surface area contributed by atoms with Crippen molar-refractivity contribution >= 4 is 12.6 Å². The molecule has 0 aliphatic heterocycles. The smallest absolute Gasteiger partial charge is 0.0732 e. The fraction of sp³-hybridized carbons (Fsp3) is 0.923. The summed E-state index contributed by atoms with van der Waals surface area (Å²) in [6.45, 7) is 27.2. The van der Waals surface area contributed by atoms with Gasteiger partial charge in [0.05, 0.1) is 28.2 Å². The van der Waals surface area contributed by atoms with Crippen LogP contribution >= 0.6 is 12.6 Å². The lowest BCUT2D eigenvalue weighted by atomic mass is 9.73. The standard InChI is InChI=1S/C26H50O2S/c1-14-26(13,29)19-25(11,12)28-23(7,8)15-16-27-24(9,10)18-21(4)17-22(5,6)20(2)3/h1,20-21,29H,15-19H2,2-13H3. The lowest BCUT2D eigenvalue weighted by molar-refractivity contribution is -0.144. The normalized spacial score (nSPS) is 17.1. The molecule has 0 radical (unpaired) electrons. The molecule has 0 aromatic heterocycles. The molecular formula is C26H50O2S. The van der Waals surface area contributed by atoms with Crippen molar-refractivity contribution in [3.8, 4) is 12.3 Å². The van der Waals surface area contributed by atoms with Gasteiger partial charge in [-0.05, 0) is 85.0 Å². The highest BCUT2D eigenvalue weighted by Gasteiger charge is 2.35. The first kappa shape index (κ1) is 28.8. The Morgan fingerprint density at radius 2 is 1.34 bits per heavy atom. The molecule has 0 amide bonds. The second-order valence-electron chi connectivity index (χ2n) is 12.2. The number of thiol groups is 1. The number of terminal acetylenes is 1. The zero-order valence-electron chi connectivity index (χ0n) is 21.5. The van der Waals surface area contributed by atoms with Gasteiger partial charge in [0.25, 0.3) is 0 Å². The molecule has 2 nitrogen and oxygen atoms in total. The first-order valence-corrected chi connectivity index (χ1v) is 11.7. The molecule has 2 atom stereocenters. The molecule has 0 aliphatic carbocycles. The third kappa shape index (κ3) is 12.3. The van der Waals surface area contributed by atoms with Gasteiger partial charge in [0.15, 0.2) is 0 Å². The van der Waals surface area contributed by atoms with Gasteiger partial charge < -0.3 is 9.47 Å². The van der Waals surface area contributed by atoms with Crippen molar-refractivity contribution < 1.29 is 9.47 Å². The highest BCUT2D eigenvalue weighted by atomic mass is 32.1. The highest BCUT2D eigenvalue weighted by Crippen LogP contribution is 2.37. The molecule has 0 N–H and O–H groups in total. The van der Waals surface area contributed by atoms with Crippen LogP contribution in [0.1, 0.15) is 109 Å². The minimum atomic E-state index is -0.474. The van der Waals surface area contributed by atoms with E-state index in [0.717, 1.165) is 12.8 Å². The Hall–Kier alpha value is -0.170. The first-order chi connectivity index (χ1) is 12.7. The predicted molar refractivity (Wildman–Crippen MR) is 132 cm³/mol. The van der Waals surface area contributed by atoms with Crippen molar-refractivity contribution in [1.29, 1.82) is 0 Å². The summed E-state index contributed by atoms with van der Waals surface area (Å²) in [5, 5.41) is 0. The van der Waals surface area contributed by atoms with E-state index in [-0.39, 0.29) is 16.8 Å².